The highest BCUT2D eigenvalue weighted by molar-refractivity contribution is 7.89. The molecule has 0 aliphatic rings. The van der Waals surface area contributed by atoms with E-state index in [1.165, 1.54) is 19.2 Å². The fraction of sp³-hybridized carbons (Fsp3) is 0.278. The first-order valence-electron chi connectivity index (χ1n) is 7.50. The van der Waals surface area contributed by atoms with Gasteiger partial charge < -0.3 is 0 Å². The average Bonchev–Trinajstić information content (AvgIpc) is 2.55. The van der Waals surface area contributed by atoms with Crippen LogP contribution < -0.4 is 0 Å². The third-order valence-corrected chi connectivity index (χ3v) is 6.64. The zero-order valence-electron chi connectivity index (χ0n) is 14.1. The monoisotopic (exact) mass is 365 g/mol. The van der Waals surface area contributed by atoms with E-state index in [1.807, 2.05) is 19.9 Å². The molecule has 24 heavy (non-hydrogen) atoms. The number of carbonyl (C=O) groups is 1. The fourth-order valence-corrected chi connectivity index (χ4v) is 4.13. The van der Waals surface area contributed by atoms with Crippen molar-refractivity contribution in [3.05, 3.63) is 64.2 Å². The Kier molecular flexibility index (Phi) is 5.48. The highest BCUT2D eigenvalue weighted by Gasteiger charge is 2.31. The van der Waals surface area contributed by atoms with Crippen LogP contribution in [0.15, 0.2) is 47.4 Å². The van der Waals surface area contributed by atoms with E-state index in [1.54, 1.807) is 31.2 Å². The summed E-state index contributed by atoms with van der Waals surface area (Å²) in [5.41, 5.74) is 2.56. The summed E-state index contributed by atoms with van der Waals surface area (Å²) in [7, 11) is -2.47. The highest BCUT2D eigenvalue weighted by Crippen LogP contribution is 2.25. The lowest BCUT2D eigenvalue weighted by Crippen LogP contribution is -2.40. The number of halogens is 1. The van der Waals surface area contributed by atoms with Crippen LogP contribution in [0.25, 0.3) is 0 Å². The molecule has 4 nitrogen and oxygen atoms in total. The van der Waals surface area contributed by atoms with Gasteiger partial charge >= 0.3 is 0 Å². The highest BCUT2D eigenvalue weighted by atomic mass is 35.5. The van der Waals surface area contributed by atoms with Gasteiger partial charge in [-0.05, 0) is 50.1 Å². The van der Waals surface area contributed by atoms with Crippen LogP contribution in [-0.2, 0) is 10.0 Å². The molecule has 2 aromatic carbocycles. The van der Waals surface area contributed by atoms with Crippen molar-refractivity contribution in [3.8, 4) is 0 Å². The minimum Gasteiger partial charge on any atom is -0.292 e. The van der Waals surface area contributed by atoms with Crippen molar-refractivity contribution in [1.82, 2.24) is 4.31 Å². The molecule has 0 saturated heterocycles. The van der Waals surface area contributed by atoms with E-state index in [0.29, 0.717) is 5.56 Å². The lowest BCUT2D eigenvalue weighted by Gasteiger charge is -2.24. The number of ketones is 1. The second kappa shape index (κ2) is 7.05. The molecule has 0 bridgehead atoms. The molecule has 1 unspecified atom stereocenters. The van der Waals surface area contributed by atoms with Crippen LogP contribution in [0.5, 0.6) is 0 Å². The third kappa shape index (κ3) is 3.53. The Morgan fingerprint density at radius 3 is 2.29 bits per heavy atom. The molecule has 0 saturated carbocycles. The van der Waals surface area contributed by atoms with E-state index in [0.717, 1.165) is 15.4 Å². The summed E-state index contributed by atoms with van der Waals surface area (Å²) < 4.78 is 26.5. The van der Waals surface area contributed by atoms with Crippen molar-refractivity contribution in [2.75, 3.05) is 7.05 Å². The number of sulfonamides is 1. The molecule has 0 aromatic heterocycles. The Morgan fingerprint density at radius 2 is 1.71 bits per heavy atom. The van der Waals surface area contributed by atoms with E-state index >= 15 is 0 Å². The number of hydrogen-bond acceptors (Lipinski definition) is 3. The SMILES string of the molecule is Cc1ccc(C(=O)C(C)N(C)S(=O)(=O)c2ccccc2Cl)cc1C. The van der Waals surface area contributed by atoms with Gasteiger partial charge in [-0.15, -0.1) is 0 Å². The van der Waals surface area contributed by atoms with Crippen LogP contribution in [0, 0.1) is 13.8 Å². The van der Waals surface area contributed by atoms with Crippen molar-refractivity contribution in [3.63, 3.8) is 0 Å². The van der Waals surface area contributed by atoms with Crippen molar-refractivity contribution in [2.24, 2.45) is 0 Å². The van der Waals surface area contributed by atoms with E-state index in [4.69, 9.17) is 11.6 Å². The Bertz CT molecular complexity index is 878. The fourth-order valence-electron chi connectivity index (χ4n) is 2.32. The molecule has 0 fully saturated rings. The summed E-state index contributed by atoms with van der Waals surface area (Å²) in [5, 5.41) is 0.134. The average molecular weight is 366 g/mol. The van der Waals surface area contributed by atoms with Gasteiger partial charge in [-0.2, -0.15) is 4.31 Å². The van der Waals surface area contributed by atoms with Crippen LogP contribution in [0.4, 0.5) is 0 Å². The first-order chi connectivity index (χ1) is 11.2. The largest absolute Gasteiger partial charge is 0.292 e. The van der Waals surface area contributed by atoms with Gasteiger partial charge in [-0.1, -0.05) is 35.9 Å². The molecular formula is C18H20ClNO3S. The zero-order valence-corrected chi connectivity index (χ0v) is 15.6. The van der Waals surface area contributed by atoms with Gasteiger partial charge in [-0.3, -0.25) is 4.79 Å². The summed E-state index contributed by atoms with van der Waals surface area (Å²) in [6, 6.07) is 10.7. The molecule has 1 atom stereocenters. The summed E-state index contributed by atoms with van der Waals surface area (Å²) in [5.74, 6) is -0.253. The summed E-state index contributed by atoms with van der Waals surface area (Å²) in [6.45, 7) is 5.45. The maximum absolute atomic E-state index is 12.7. The lowest BCUT2D eigenvalue weighted by molar-refractivity contribution is 0.0919. The molecule has 6 heteroatoms. The van der Waals surface area contributed by atoms with Crippen LogP contribution >= 0.6 is 11.6 Å². The predicted molar refractivity (Wildman–Crippen MR) is 96.1 cm³/mol. The molecule has 0 heterocycles. The van der Waals surface area contributed by atoms with E-state index < -0.39 is 16.1 Å². The van der Waals surface area contributed by atoms with Gasteiger partial charge in [0, 0.05) is 12.6 Å². The van der Waals surface area contributed by atoms with Gasteiger partial charge in [0.2, 0.25) is 10.0 Å². The number of Topliss-reactive ketones (excluding diaryl/α,β-unsaturated/α-hetero) is 1. The van der Waals surface area contributed by atoms with Crippen molar-refractivity contribution >= 4 is 27.4 Å². The molecule has 0 radical (unpaired) electrons. The summed E-state index contributed by atoms with van der Waals surface area (Å²) >= 11 is 6.00. The van der Waals surface area contributed by atoms with Crippen LogP contribution in [0.3, 0.4) is 0 Å². The Morgan fingerprint density at radius 1 is 1.08 bits per heavy atom. The molecular weight excluding hydrogens is 346 g/mol. The Labute approximate surface area is 148 Å². The van der Waals surface area contributed by atoms with Crippen molar-refractivity contribution in [1.29, 1.82) is 0 Å². The molecule has 0 spiro atoms. The van der Waals surface area contributed by atoms with Gasteiger partial charge in [0.25, 0.3) is 0 Å². The quantitative estimate of drug-likeness (QED) is 0.756. The number of hydrogen-bond donors (Lipinski definition) is 0. The minimum atomic E-state index is -3.86. The number of benzene rings is 2. The summed E-state index contributed by atoms with van der Waals surface area (Å²) in [4.78, 5) is 12.7. The van der Waals surface area contributed by atoms with E-state index in [-0.39, 0.29) is 15.7 Å². The van der Waals surface area contributed by atoms with Crippen molar-refractivity contribution < 1.29 is 13.2 Å². The first kappa shape index (κ1) is 18.6. The first-order valence-corrected chi connectivity index (χ1v) is 9.32. The second-order valence-corrected chi connectivity index (χ2v) is 8.16. The number of rotatable bonds is 5. The second-order valence-electron chi connectivity index (χ2n) is 5.79. The maximum Gasteiger partial charge on any atom is 0.244 e. The summed E-state index contributed by atoms with van der Waals surface area (Å²) in [6.07, 6.45) is 0. The van der Waals surface area contributed by atoms with Crippen LogP contribution in [-0.4, -0.2) is 31.6 Å². The molecule has 0 N–H and O–H groups in total. The van der Waals surface area contributed by atoms with Gasteiger partial charge in [0.1, 0.15) is 4.90 Å². The van der Waals surface area contributed by atoms with Gasteiger partial charge in [0.05, 0.1) is 11.1 Å². The van der Waals surface area contributed by atoms with Crippen molar-refractivity contribution in [2.45, 2.75) is 31.7 Å². The van der Waals surface area contributed by atoms with Gasteiger partial charge in [0.15, 0.2) is 5.78 Å². The maximum atomic E-state index is 12.7. The normalized spacial score (nSPS) is 13.1. The number of nitrogens with zero attached hydrogens (tertiary/aromatic N) is 1. The van der Waals surface area contributed by atoms with Crippen LogP contribution in [0.2, 0.25) is 5.02 Å². The Balaban J connectivity index is 2.34. The molecule has 2 rings (SSSR count). The topological polar surface area (TPSA) is 54.5 Å². The van der Waals surface area contributed by atoms with Gasteiger partial charge in [-0.25, -0.2) is 8.42 Å². The molecule has 2 aromatic rings. The third-order valence-electron chi connectivity index (χ3n) is 4.21. The molecule has 128 valence electrons. The lowest BCUT2D eigenvalue weighted by atomic mass is 10.0. The number of aryl methyl sites for hydroxylation is 2. The van der Waals surface area contributed by atoms with E-state index in [9.17, 15) is 13.2 Å². The Hall–Kier alpha value is -1.69. The zero-order chi connectivity index (χ0) is 18.1. The predicted octanol–water partition coefficient (Wildman–Crippen LogP) is 3.85. The van der Waals surface area contributed by atoms with E-state index in [2.05, 4.69) is 0 Å². The molecule has 0 amide bonds. The molecule has 0 aliphatic carbocycles. The minimum absolute atomic E-state index is 0.00565. The number of carbonyl (C=O) groups excluding carboxylic acids is 1. The molecule has 0 aliphatic heterocycles. The van der Waals surface area contributed by atoms with Crippen LogP contribution in [0.1, 0.15) is 28.4 Å². The smallest absolute Gasteiger partial charge is 0.244 e. The standard InChI is InChI=1S/C18H20ClNO3S/c1-12-9-10-15(11-13(12)2)18(21)14(3)20(4)24(22,23)17-8-6-5-7-16(17)19/h5-11,14H,1-4H3. The number of likely N-dealkylation sites (N-methyl/N-ethyl adjacent to an activating group) is 1.